The van der Waals surface area contributed by atoms with Gasteiger partial charge in [-0.15, -0.1) is 11.3 Å². The van der Waals surface area contributed by atoms with Gasteiger partial charge in [0.25, 0.3) is 0 Å². The van der Waals surface area contributed by atoms with E-state index in [-0.39, 0.29) is 5.41 Å². The zero-order chi connectivity index (χ0) is 17.2. The van der Waals surface area contributed by atoms with E-state index in [0.717, 1.165) is 10.6 Å². The Morgan fingerprint density at radius 3 is 2.71 bits per heavy atom. The smallest absolute Gasteiger partial charge is 0.326 e. The highest BCUT2D eigenvalue weighted by Crippen LogP contribution is 2.26. The van der Waals surface area contributed by atoms with Crippen LogP contribution in [-0.4, -0.2) is 21.2 Å². The molecule has 0 saturated carbocycles. The number of amides is 2. The van der Waals surface area contributed by atoms with Crippen molar-refractivity contribution in [1.29, 1.82) is 0 Å². The minimum absolute atomic E-state index is 0.170. The molecular weight excluding hydrogens is 326 g/mol. The summed E-state index contributed by atoms with van der Waals surface area (Å²) in [4.78, 5) is 20.5. The number of hydrogen-bond donors (Lipinski definition) is 2. The van der Waals surface area contributed by atoms with Crippen LogP contribution in [0.1, 0.15) is 26.5 Å². The number of pyridine rings is 1. The Kier molecular flexibility index (Phi) is 4.30. The van der Waals surface area contributed by atoms with Crippen molar-refractivity contribution in [3.05, 3.63) is 41.7 Å². The average Bonchev–Trinajstić information content (AvgIpc) is 3.17. The van der Waals surface area contributed by atoms with Gasteiger partial charge in [0.05, 0.1) is 0 Å². The second-order valence-electron chi connectivity index (χ2n) is 6.19. The van der Waals surface area contributed by atoms with Gasteiger partial charge in [-0.2, -0.15) is 0 Å². The Bertz CT molecular complexity index is 836. The van der Waals surface area contributed by atoms with Crippen LogP contribution >= 0.6 is 11.3 Å². The third-order valence-corrected chi connectivity index (χ3v) is 4.04. The van der Waals surface area contributed by atoms with Gasteiger partial charge in [0, 0.05) is 34.8 Å². The van der Waals surface area contributed by atoms with Crippen LogP contribution < -0.4 is 10.6 Å². The molecule has 0 unspecified atom stereocenters. The molecule has 124 valence electrons. The van der Waals surface area contributed by atoms with Gasteiger partial charge in [-0.05, 0) is 12.1 Å². The largest absolute Gasteiger partial charge is 0.359 e. The first-order chi connectivity index (χ1) is 11.4. The lowest BCUT2D eigenvalue weighted by Gasteiger charge is -2.12. The van der Waals surface area contributed by atoms with Crippen molar-refractivity contribution in [3.8, 4) is 10.6 Å². The molecule has 0 atom stereocenters. The van der Waals surface area contributed by atoms with Crippen LogP contribution in [0.25, 0.3) is 10.6 Å². The quantitative estimate of drug-likeness (QED) is 0.745. The van der Waals surface area contributed by atoms with E-state index < -0.39 is 6.03 Å². The standard InChI is InChI=1S/C16H17N5O2S/c1-16(2,3)11-7-12(21-23-11)19-15(22)20-13-9-24-14(18-13)10-5-4-6-17-8-10/h4-9H,1-3H3,(H2,19,20,21,22). The molecule has 0 radical (unpaired) electrons. The third-order valence-electron chi connectivity index (χ3n) is 3.15. The number of urea groups is 1. The summed E-state index contributed by atoms with van der Waals surface area (Å²) in [6.45, 7) is 6.02. The molecule has 3 aromatic rings. The van der Waals surface area contributed by atoms with Crippen LogP contribution in [0, 0.1) is 0 Å². The SMILES string of the molecule is CC(C)(C)c1cc(NC(=O)Nc2csc(-c3cccnc3)n2)no1. The fourth-order valence-corrected chi connectivity index (χ4v) is 2.65. The number of nitrogens with zero attached hydrogens (tertiary/aromatic N) is 3. The summed E-state index contributed by atoms with van der Waals surface area (Å²) < 4.78 is 5.23. The van der Waals surface area contributed by atoms with Crippen LogP contribution in [0.2, 0.25) is 0 Å². The van der Waals surface area contributed by atoms with E-state index in [1.807, 2.05) is 32.9 Å². The first-order valence-electron chi connectivity index (χ1n) is 7.33. The molecule has 3 aromatic heterocycles. The number of carbonyl (C=O) groups excluding carboxylic acids is 1. The molecule has 2 N–H and O–H groups in total. The van der Waals surface area contributed by atoms with Gasteiger partial charge in [0.15, 0.2) is 5.82 Å². The van der Waals surface area contributed by atoms with E-state index in [1.165, 1.54) is 11.3 Å². The Balaban J connectivity index is 1.63. The maximum Gasteiger partial charge on any atom is 0.326 e. The summed E-state index contributed by atoms with van der Waals surface area (Å²) in [6, 6.07) is 5.04. The summed E-state index contributed by atoms with van der Waals surface area (Å²) >= 11 is 1.43. The molecule has 0 saturated heterocycles. The third kappa shape index (κ3) is 3.77. The van der Waals surface area contributed by atoms with Gasteiger partial charge >= 0.3 is 6.03 Å². The van der Waals surface area contributed by atoms with Gasteiger partial charge in [-0.1, -0.05) is 25.9 Å². The number of thiazole rings is 1. The molecule has 24 heavy (non-hydrogen) atoms. The molecule has 0 aromatic carbocycles. The topological polar surface area (TPSA) is 92.9 Å². The van der Waals surface area contributed by atoms with Crippen molar-refractivity contribution in [3.63, 3.8) is 0 Å². The van der Waals surface area contributed by atoms with Gasteiger partial charge < -0.3 is 4.52 Å². The van der Waals surface area contributed by atoms with E-state index in [9.17, 15) is 4.79 Å². The van der Waals surface area contributed by atoms with Crippen LogP contribution in [0.4, 0.5) is 16.4 Å². The number of carbonyl (C=O) groups is 1. The van der Waals surface area contributed by atoms with Crippen LogP contribution in [-0.2, 0) is 5.41 Å². The van der Waals surface area contributed by atoms with Gasteiger partial charge in [-0.25, -0.2) is 9.78 Å². The van der Waals surface area contributed by atoms with Crippen molar-refractivity contribution in [2.24, 2.45) is 0 Å². The molecule has 0 aliphatic carbocycles. The monoisotopic (exact) mass is 343 g/mol. The van der Waals surface area contributed by atoms with Gasteiger partial charge in [-0.3, -0.25) is 15.6 Å². The Hall–Kier alpha value is -2.74. The van der Waals surface area contributed by atoms with E-state index in [1.54, 1.807) is 23.8 Å². The van der Waals surface area contributed by atoms with E-state index in [0.29, 0.717) is 17.4 Å². The Morgan fingerprint density at radius 1 is 1.25 bits per heavy atom. The summed E-state index contributed by atoms with van der Waals surface area (Å²) in [5, 5.41) is 11.7. The summed E-state index contributed by atoms with van der Waals surface area (Å²) in [6.07, 6.45) is 3.43. The lowest BCUT2D eigenvalue weighted by Crippen LogP contribution is -2.19. The zero-order valence-corrected chi connectivity index (χ0v) is 14.3. The first-order valence-corrected chi connectivity index (χ1v) is 8.21. The number of anilines is 2. The molecule has 0 spiro atoms. The Morgan fingerprint density at radius 2 is 2.04 bits per heavy atom. The number of rotatable bonds is 3. The molecule has 2 amide bonds. The van der Waals surface area contributed by atoms with Crippen molar-refractivity contribution in [2.75, 3.05) is 10.6 Å². The second-order valence-corrected chi connectivity index (χ2v) is 7.04. The van der Waals surface area contributed by atoms with Crippen LogP contribution in [0.3, 0.4) is 0 Å². The zero-order valence-electron chi connectivity index (χ0n) is 13.5. The Labute approximate surface area is 143 Å². The maximum atomic E-state index is 12.0. The second kappa shape index (κ2) is 6.40. The fourth-order valence-electron chi connectivity index (χ4n) is 1.90. The summed E-state index contributed by atoms with van der Waals surface area (Å²) in [5.41, 5.74) is 0.735. The molecule has 0 aliphatic heterocycles. The molecule has 3 heterocycles. The molecule has 0 aliphatic rings. The van der Waals surface area contributed by atoms with Crippen molar-refractivity contribution in [2.45, 2.75) is 26.2 Å². The van der Waals surface area contributed by atoms with Crippen molar-refractivity contribution < 1.29 is 9.32 Å². The molecular formula is C16H17N5O2S. The summed E-state index contributed by atoms with van der Waals surface area (Å²) in [7, 11) is 0. The first kappa shape index (κ1) is 16.1. The predicted octanol–water partition coefficient (Wildman–Crippen LogP) is 4.13. The fraction of sp³-hybridized carbons (Fsp3) is 0.250. The van der Waals surface area contributed by atoms with E-state index in [4.69, 9.17) is 4.52 Å². The maximum absolute atomic E-state index is 12.0. The lowest BCUT2D eigenvalue weighted by atomic mass is 9.93. The number of aromatic nitrogens is 3. The normalized spacial score (nSPS) is 11.3. The highest BCUT2D eigenvalue weighted by atomic mass is 32.1. The average molecular weight is 343 g/mol. The van der Waals surface area contributed by atoms with Crippen molar-refractivity contribution >= 4 is 29.0 Å². The van der Waals surface area contributed by atoms with E-state index >= 15 is 0 Å². The summed E-state index contributed by atoms with van der Waals surface area (Å²) in [5.74, 6) is 1.53. The van der Waals surface area contributed by atoms with Crippen LogP contribution in [0.5, 0.6) is 0 Å². The molecule has 0 bridgehead atoms. The van der Waals surface area contributed by atoms with Crippen molar-refractivity contribution in [1.82, 2.24) is 15.1 Å². The molecule has 7 nitrogen and oxygen atoms in total. The number of nitrogens with one attached hydrogen (secondary N) is 2. The molecule has 0 fully saturated rings. The minimum atomic E-state index is -0.424. The lowest BCUT2D eigenvalue weighted by molar-refractivity contribution is 0.261. The van der Waals surface area contributed by atoms with E-state index in [2.05, 4.69) is 25.8 Å². The minimum Gasteiger partial charge on any atom is -0.359 e. The predicted molar refractivity (Wildman–Crippen MR) is 93.2 cm³/mol. The number of hydrogen-bond acceptors (Lipinski definition) is 6. The molecule has 3 rings (SSSR count). The highest BCUT2D eigenvalue weighted by molar-refractivity contribution is 7.13. The highest BCUT2D eigenvalue weighted by Gasteiger charge is 2.20. The van der Waals surface area contributed by atoms with Gasteiger partial charge in [0.1, 0.15) is 16.6 Å². The van der Waals surface area contributed by atoms with Gasteiger partial charge in [0.2, 0.25) is 0 Å². The molecule has 8 heteroatoms. The van der Waals surface area contributed by atoms with Crippen LogP contribution in [0.15, 0.2) is 40.5 Å².